The highest BCUT2D eigenvalue weighted by Crippen LogP contribution is 2.21. The van der Waals surface area contributed by atoms with E-state index in [1.54, 1.807) is 0 Å². The summed E-state index contributed by atoms with van der Waals surface area (Å²) in [6, 6.07) is 17.2. The third kappa shape index (κ3) is 4.83. The smallest absolute Gasteiger partial charge is 0.265 e. The maximum Gasteiger partial charge on any atom is 0.265 e. The number of amides is 2. The first kappa shape index (κ1) is 19.2. The third-order valence-corrected chi connectivity index (χ3v) is 5.26. The van der Waals surface area contributed by atoms with E-state index < -0.39 is 12.1 Å². The first-order valence-corrected chi connectivity index (χ1v) is 10.0. The van der Waals surface area contributed by atoms with Crippen LogP contribution < -0.4 is 10.6 Å². The van der Waals surface area contributed by atoms with Gasteiger partial charge in [-0.25, -0.2) is 0 Å². The molecule has 1 saturated carbocycles. The second-order valence-corrected chi connectivity index (χ2v) is 7.68. The van der Waals surface area contributed by atoms with Gasteiger partial charge in [-0.2, -0.15) is 0 Å². The molecule has 2 aliphatic rings. The summed E-state index contributed by atoms with van der Waals surface area (Å²) >= 11 is 0. The first-order chi connectivity index (χ1) is 14.1. The zero-order valence-corrected chi connectivity index (χ0v) is 16.4. The van der Waals surface area contributed by atoms with E-state index in [0.717, 1.165) is 35.2 Å². The van der Waals surface area contributed by atoms with Crippen molar-refractivity contribution in [1.29, 1.82) is 0 Å². The van der Waals surface area contributed by atoms with Crippen LogP contribution in [0, 0.1) is 6.92 Å². The summed E-state index contributed by atoms with van der Waals surface area (Å²) in [5.41, 5.74) is 3.81. The highest BCUT2D eigenvalue weighted by Gasteiger charge is 2.34. The standard InChI is InChI=1S/C23H25N3O3/c1-15-7-5-6-10-18(15)19-14-21(29-26-19)23(28)25-20(22(27)24-17-11-12-17)13-16-8-3-2-4-9-16/h2-10,17,20-21H,11-14H2,1H3,(H,24,27)(H,25,28)/t20-,21-/m0/s1. The molecule has 29 heavy (non-hydrogen) atoms. The lowest BCUT2D eigenvalue weighted by Crippen LogP contribution is -2.51. The number of benzene rings is 2. The van der Waals surface area contributed by atoms with Crippen molar-refractivity contribution >= 4 is 17.5 Å². The topological polar surface area (TPSA) is 79.8 Å². The van der Waals surface area contributed by atoms with E-state index in [9.17, 15) is 9.59 Å². The molecule has 0 unspecified atom stereocenters. The molecule has 2 aromatic carbocycles. The average molecular weight is 391 g/mol. The van der Waals surface area contributed by atoms with Crippen LogP contribution in [0.5, 0.6) is 0 Å². The van der Waals surface area contributed by atoms with Gasteiger partial charge < -0.3 is 15.5 Å². The van der Waals surface area contributed by atoms with Crippen LogP contribution in [0.3, 0.4) is 0 Å². The van der Waals surface area contributed by atoms with Gasteiger partial charge in [-0.3, -0.25) is 9.59 Å². The largest absolute Gasteiger partial charge is 0.382 e. The Balaban J connectivity index is 1.41. The van der Waals surface area contributed by atoms with Crippen molar-refractivity contribution in [3.05, 3.63) is 71.3 Å². The van der Waals surface area contributed by atoms with Crippen molar-refractivity contribution < 1.29 is 14.4 Å². The molecule has 0 radical (unpaired) electrons. The summed E-state index contributed by atoms with van der Waals surface area (Å²) in [7, 11) is 0. The van der Waals surface area contributed by atoms with Crippen LogP contribution in [0.2, 0.25) is 0 Å². The molecule has 0 saturated heterocycles. The van der Waals surface area contributed by atoms with Crippen LogP contribution in [0.15, 0.2) is 59.8 Å². The summed E-state index contributed by atoms with van der Waals surface area (Å²) in [6.45, 7) is 2.00. The van der Waals surface area contributed by atoms with Crippen LogP contribution in [-0.2, 0) is 20.8 Å². The van der Waals surface area contributed by atoms with Gasteiger partial charge in [-0.15, -0.1) is 0 Å². The maximum absolute atomic E-state index is 12.8. The van der Waals surface area contributed by atoms with E-state index >= 15 is 0 Å². The van der Waals surface area contributed by atoms with Crippen molar-refractivity contribution in [2.24, 2.45) is 5.16 Å². The van der Waals surface area contributed by atoms with Crippen molar-refractivity contribution in [3.63, 3.8) is 0 Å². The van der Waals surface area contributed by atoms with Gasteiger partial charge in [0.1, 0.15) is 6.04 Å². The van der Waals surface area contributed by atoms with E-state index in [1.807, 2.05) is 61.5 Å². The summed E-state index contributed by atoms with van der Waals surface area (Å²) in [6.07, 6.45) is 2.09. The Morgan fingerprint density at radius 1 is 1.10 bits per heavy atom. The number of rotatable bonds is 7. The number of hydrogen-bond acceptors (Lipinski definition) is 4. The van der Waals surface area contributed by atoms with E-state index in [2.05, 4.69) is 15.8 Å². The molecule has 0 bridgehead atoms. The molecule has 2 amide bonds. The van der Waals surface area contributed by atoms with Gasteiger partial charge in [0.15, 0.2) is 0 Å². The monoisotopic (exact) mass is 391 g/mol. The van der Waals surface area contributed by atoms with Gasteiger partial charge in [0.05, 0.1) is 5.71 Å². The van der Waals surface area contributed by atoms with Gasteiger partial charge >= 0.3 is 0 Å². The van der Waals surface area contributed by atoms with Crippen LogP contribution in [0.25, 0.3) is 0 Å². The van der Waals surface area contributed by atoms with Crippen molar-refractivity contribution in [3.8, 4) is 0 Å². The minimum absolute atomic E-state index is 0.150. The van der Waals surface area contributed by atoms with Crippen LogP contribution in [-0.4, -0.2) is 35.7 Å². The van der Waals surface area contributed by atoms with Gasteiger partial charge in [0.25, 0.3) is 5.91 Å². The summed E-state index contributed by atoms with van der Waals surface area (Å²) in [5.74, 6) is -0.466. The molecule has 6 heteroatoms. The molecule has 0 aromatic heterocycles. The molecular weight excluding hydrogens is 366 g/mol. The fourth-order valence-corrected chi connectivity index (χ4v) is 3.43. The van der Waals surface area contributed by atoms with Gasteiger partial charge in [0, 0.05) is 24.4 Å². The van der Waals surface area contributed by atoms with Crippen molar-refractivity contribution in [2.75, 3.05) is 0 Å². The molecule has 2 atom stereocenters. The van der Waals surface area contributed by atoms with Gasteiger partial charge in [-0.1, -0.05) is 59.8 Å². The zero-order valence-electron chi connectivity index (χ0n) is 16.4. The van der Waals surface area contributed by atoms with Crippen molar-refractivity contribution in [2.45, 2.75) is 50.8 Å². The molecule has 1 aliphatic carbocycles. The lowest BCUT2D eigenvalue weighted by Gasteiger charge is -2.20. The molecule has 1 aliphatic heterocycles. The van der Waals surface area contributed by atoms with Crippen LogP contribution in [0.1, 0.15) is 36.0 Å². The number of nitrogens with one attached hydrogen (secondary N) is 2. The minimum Gasteiger partial charge on any atom is -0.382 e. The van der Waals surface area contributed by atoms with Gasteiger partial charge in [0.2, 0.25) is 12.0 Å². The van der Waals surface area contributed by atoms with E-state index in [-0.39, 0.29) is 17.9 Å². The average Bonchev–Trinajstić information content (AvgIpc) is 3.40. The second-order valence-electron chi connectivity index (χ2n) is 7.68. The molecule has 6 nitrogen and oxygen atoms in total. The number of nitrogens with zero attached hydrogens (tertiary/aromatic N) is 1. The van der Waals surface area contributed by atoms with Crippen LogP contribution in [0.4, 0.5) is 0 Å². The Labute approximate surface area is 170 Å². The minimum atomic E-state index is -0.725. The Morgan fingerprint density at radius 3 is 2.55 bits per heavy atom. The fraction of sp³-hybridized carbons (Fsp3) is 0.348. The predicted molar refractivity (Wildman–Crippen MR) is 110 cm³/mol. The third-order valence-electron chi connectivity index (χ3n) is 5.26. The molecule has 1 heterocycles. The summed E-state index contributed by atoms with van der Waals surface area (Å²) in [4.78, 5) is 30.9. The fourth-order valence-electron chi connectivity index (χ4n) is 3.43. The molecular formula is C23H25N3O3. The second kappa shape index (κ2) is 8.47. The predicted octanol–water partition coefficient (Wildman–Crippen LogP) is 2.49. The molecule has 4 rings (SSSR count). The molecule has 2 aromatic rings. The maximum atomic E-state index is 12.8. The number of aryl methyl sites for hydroxylation is 1. The molecule has 150 valence electrons. The number of carbonyl (C=O) groups excluding carboxylic acids is 2. The van der Waals surface area contributed by atoms with E-state index in [1.165, 1.54) is 0 Å². The van der Waals surface area contributed by atoms with E-state index in [4.69, 9.17) is 4.84 Å². The Morgan fingerprint density at radius 2 is 1.83 bits per heavy atom. The zero-order chi connectivity index (χ0) is 20.2. The quantitative estimate of drug-likeness (QED) is 0.761. The normalized spacial score (nSPS) is 19.1. The van der Waals surface area contributed by atoms with E-state index in [0.29, 0.717) is 12.8 Å². The number of hydrogen-bond donors (Lipinski definition) is 2. The Hall–Kier alpha value is -3.15. The van der Waals surface area contributed by atoms with Crippen LogP contribution >= 0.6 is 0 Å². The number of oxime groups is 1. The molecule has 2 N–H and O–H groups in total. The highest BCUT2D eigenvalue weighted by molar-refractivity contribution is 6.05. The number of carbonyl (C=O) groups is 2. The SMILES string of the molecule is Cc1ccccc1C1=NO[C@H](C(=O)N[C@@H](Cc2ccccc2)C(=O)NC2CC2)C1. The Kier molecular flexibility index (Phi) is 5.60. The lowest BCUT2D eigenvalue weighted by molar-refractivity contribution is -0.135. The van der Waals surface area contributed by atoms with Crippen molar-refractivity contribution in [1.82, 2.24) is 10.6 Å². The van der Waals surface area contributed by atoms with Gasteiger partial charge in [-0.05, 0) is 30.9 Å². The molecule has 0 spiro atoms. The summed E-state index contributed by atoms with van der Waals surface area (Å²) < 4.78 is 0. The highest BCUT2D eigenvalue weighted by atomic mass is 16.6. The lowest BCUT2D eigenvalue weighted by atomic mass is 9.99. The summed E-state index contributed by atoms with van der Waals surface area (Å²) in [5, 5.41) is 9.99. The molecule has 1 fully saturated rings. The first-order valence-electron chi connectivity index (χ1n) is 10.0. The Bertz CT molecular complexity index is 922.